The van der Waals surface area contributed by atoms with Gasteiger partial charge in [0.1, 0.15) is 5.82 Å². The Bertz CT molecular complexity index is 1100. The third-order valence-corrected chi connectivity index (χ3v) is 5.97. The summed E-state index contributed by atoms with van der Waals surface area (Å²) in [4.78, 5) is 34.6. The van der Waals surface area contributed by atoms with Crippen LogP contribution in [0.5, 0.6) is 5.75 Å². The van der Waals surface area contributed by atoms with E-state index in [4.69, 9.17) is 4.74 Å². The van der Waals surface area contributed by atoms with E-state index in [1.807, 2.05) is 16.8 Å². The normalized spacial score (nSPS) is 16.5. The number of nitrogens with zero attached hydrogens (tertiary/aromatic N) is 2. The van der Waals surface area contributed by atoms with Gasteiger partial charge in [-0.05, 0) is 48.4 Å². The van der Waals surface area contributed by atoms with Crippen molar-refractivity contribution in [3.8, 4) is 17.0 Å². The van der Waals surface area contributed by atoms with Crippen molar-refractivity contribution in [1.82, 2.24) is 14.9 Å². The Morgan fingerprint density at radius 3 is 2.93 bits per heavy atom. The van der Waals surface area contributed by atoms with Gasteiger partial charge in [-0.1, -0.05) is 6.07 Å². The molecule has 0 radical (unpaired) electrons. The van der Waals surface area contributed by atoms with Crippen LogP contribution in [0.4, 0.5) is 4.39 Å². The Balaban J connectivity index is 1.59. The lowest BCUT2D eigenvalue weighted by atomic mass is 9.99. The van der Waals surface area contributed by atoms with E-state index in [0.717, 1.165) is 24.8 Å². The highest BCUT2D eigenvalue weighted by molar-refractivity contribution is 7.08. The molecular formula is C22H22FN3O3S. The Morgan fingerprint density at radius 2 is 2.20 bits per heavy atom. The number of rotatable bonds is 5. The smallest absolute Gasteiger partial charge is 0.251 e. The van der Waals surface area contributed by atoms with Crippen LogP contribution in [0.2, 0.25) is 0 Å². The van der Waals surface area contributed by atoms with Crippen molar-refractivity contribution in [2.24, 2.45) is 0 Å². The second-order valence-electron chi connectivity index (χ2n) is 7.27. The van der Waals surface area contributed by atoms with Gasteiger partial charge in [0.05, 0.1) is 25.3 Å². The van der Waals surface area contributed by atoms with Crippen molar-refractivity contribution in [3.05, 3.63) is 68.7 Å². The lowest BCUT2D eigenvalue weighted by Gasteiger charge is -2.35. The molecule has 0 bridgehead atoms. The van der Waals surface area contributed by atoms with E-state index in [1.165, 1.54) is 36.6 Å². The topological polar surface area (TPSA) is 75.3 Å². The number of carbonyl (C=O) groups is 1. The molecule has 1 amide bonds. The van der Waals surface area contributed by atoms with Gasteiger partial charge < -0.3 is 14.6 Å². The number of aromatic nitrogens is 2. The largest absolute Gasteiger partial charge is 0.494 e. The standard InChI is InChI=1S/C22H22FN3O3S/c1-29-19-6-5-14(10-16(19)23)11-21(28)26-8-3-2-4-18(26)22-24-17(12-20(27)25-22)15-7-9-30-13-15/h5-7,9-10,12-13,18H,2-4,8,11H2,1H3,(H,24,25,27)/t18-/m0/s1. The first-order valence-electron chi connectivity index (χ1n) is 9.81. The fraction of sp³-hybridized carbons (Fsp3) is 0.318. The zero-order valence-electron chi connectivity index (χ0n) is 16.6. The highest BCUT2D eigenvalue weighted by atomic mass is 32.1. The van der Waals surface area contributed by atoms with Crippen LogP contribution in [0, 0.1) is 5.82 Å². The molecule has 3 heterocycles. The van der Waals surface area contributed by atoms with Crippen LogP contribution < -0.4 is 10.3 Å². The van der Waals surface area contributed by atoms with E-state index in [1.54, 1.807) is 11.0 Å². The number of methoxy groups -OCH3 is 1. The van der Waals surface area contributed by atoms with Gasteiger partial charge in [0, 0.05) is 23.6 Å². The van der Waals surface area contributed by atoms with E-state index in [0.29, 0.717) is 23.6 Å². The van der Waals surface area contributed by atoms with Gasteiger partial charge in [-0.3, -0.25) is 9.59 Å². The van der Waals surface area contributed by atoms with Gasteiger partial charge in [0.2, 0.25) is 5.91 Å². The fourth-order valence-electron chi connectivity index (χ4n) is 3.80. The lowest BCUT2D eigenvalue weighted by Crippen LogP contribution is -2.40. The maximum atomic E-state index is 14.0. The molecule has 1 N–H and O–H groups in total. The molecule has 1 aliphatic heterocycles. The van der Waals surface area contributed by atoms with Crippen molar-refractivity contribution < 1.29 is 13.9 Å². The Kier molecular flexibility index (Phi) is 5.94. The number of thiophene rings is 1. The van der Waals surface area contributed by atoms with Crippen LogP contribution in [0.1, 0.15) is 36.7 Å². The summed E-state index contributed by atoms with van der Waals surface area (Å²) in [7, 11) is 1.40. The number of nitrogens with one attached hydrogen (secondary N) is 1. The zero-order valence-corrected chi connectivity index (χ0v) is 17.4. The third kappa shape index (κ3) is 4.28. The predicted molar refractivity (Wildman–Crippen MR) is 113 cm³/mol. The Labute approximate surface area is 177 Å². The SMILES string of the molecule is COc1ccc(CC(=O)N2CCCC[C@H]2c2nc(-c3ccsc3)cc(=O)[nH]2)cc1F. The molecule has 0 saturated carbocycles. The summed E-state index contributed by atoms with van der Waals surface area (Å²) in [6.07, 6.45) is 2.62. The third-order valence-electron chi connectivity index (χ3n) is 5.29. The van der Waals surface area contributed by atoms with Crippen molar-refractivity contribution in [2.75, 3.05) is 13.7 Å². The second kappa shape index (κ2) is 8.79. The summed E-state index contributed by atoms with van der Waals surface area (Å²) in [5.74, 6) is 0.0343. The minimum Gasteiger partial charge on any atom is -0.494 e. The molecule has 3 aromatic rings. The zero-order chi connectivity index (χ0) is 21.1. The number of halogens is 1. The number of ether oxygens (including phenoxy) is 1. The van der Waals surface area contributed by atoms with E-state index in [2.05, 4.69) is 9.97 Å². The highest BCUT2D eigenvalue weighted by Crippen LogP contribution is 2.30. The highest BCUT2D eigenvalue weighted by Gasteiger charge is 2.30. The van der Waals surface area contributed by atoms with Gasteiger partial charge >= 0.3 is 0 Å². The molecule has 6 nitrogen and oxygen atoms in total. The number of H-pyrrole nitrogens is 1. The summed E-state index contributed by atoms with van der Waals surface area (Å²) < 4.78 is 18.9. The van der Waals surface area contributed by atoms with Gasteiger partial charge in [-0.2, -0.15) is 11.3 Å². The number of carbonyl (C=O) groups excluding carboxylic acids is 1. The minimum absolute atomic E-state index is 0.0753. The molecule has 156 valence electrons. The first kappa shape index (κ1) is 20.3. The molecule has 1 aromatic carbocycles. The first-order valence-corrected chi connectivity index (χ1v) is 10.7. The summed E-state index contributed by atoms with van der Waals surface area (Å²) in [5.41, 5.74) is 1.83. The van der Waals surface area contributed by atoms with Gasteiger partial charge in [-0.15, -0.1) is 0 Å². The van der Waals surface area contributed by atoms with Crippen molar-refractivity contribution >= 4 is 17.2 Å². The number of benzene rings is 1. The molecule has 0 aliphatic carbocycles. The van der Waals surface area contributed by atoms with Gasteiger partial charge in [0.15, 0.2) is 11.6 Å². The van der Waals surface area contributed by atoms with Crippen molar-refractivity contribution in [1.29, 1.82) is 0 Å². The van der Waals surface area contributed by atoms with Crippen molar-refractivity contribution in [2.45, 2.75) is 31.7 Å². The summed E-state index contributed by atoms with van der Waals surface area (Å²) >= 11 is 1.54. The molecule has 30 heavy (non-hydrogen) atoms. The monoisotopic (exact) mass is 427 g/mol. The van der Waals surface area contributed by atoms with Crippen LogP contribution in [0.3, 0.4) is 0 Å². The van der Waals surface area contributed by atoms with Crippen LogP contribution in [-0.2, 0) is 11.2 Å². The van der Waals surface area contributed by atoms with Gasteiger partial charge in [-0.25, -0.2) is 9.37 Å². The van der Waals surface area contributed by atoms with E-state index < -0.39 is 5.82 Å². The predicted octanol–water partition coefficient (Wildman–Crippen LogP) is 3.94. The number of piperidine rings is 1. The molecule has 1 saturated heterocycles. The average Bonchev–Trinajstić information content (AvgIpc) is 3.28. The molecule has 1 aliphatic rings. The number of amides is 1. The van der Waals surface area contributed by atoms with Crippen LogP contribution >= 0.6 is 11.3 Å². The average molecular weight is 428 g/mol. The summed E-state index contributed by atoms with van der Waals surface area (Å²) in [5, 5.41) is 3.87. The van der Waals surface area contributed by atoms with Crippen LogP contribution in [0.25, 0.3) is 11.3 Å². The van der Waals surface area contributed by atoms with E-state index in [-0.39, 0.29) is 29.7 Å². The van der Waals surface area contributed by atoms with Crippen LogP contribution in [-0.4, -0.2) is 34.4 Å². The molecule has 8 heteroatoms. The molecule has 1 atom stereocenters. The number of hydrogen-bond acceptors (Lipinski definition) is 5. The summed E-state index contributed by atoms with van der Waals surface area (Å²) in [6, 6.07) is 7.62. The molecule has 4 rings (SSSR count). The minimum atomic E-state index is -0.493. The first-order chi connectivity index (χ1) is 14.5. The quantitative estimate of drug-likeness (QED) is 0.669. The molecular weight excluding hydrogens is 405 g/mol. The van der Waals surface area contributed by atoms with Gasteiger partial charge in [0.25, 0.3) is 5.56 Å². The van der Waals surface area contributed by atoms with E-state index >= 15 is 0 Å². The summed E-state index contributed by atoms with van der Waals surface area (Å²) in [6.45, 7) is 0.578. The molecule has 2 aromatic heterocycles. The fourth-order valence-corrected chi connectivity index (χ4v) is 4.45. The van der Waals surface area contributed by atoms with E-state index in [9.17, 15) is 14.0 Å². The lowest BCUT2D eigenvalue weighted by molar-refractivity contribution is -0.134. The number of likely N-dealkylation sites (tertiary alicyclic amines) is 1. The van der Waals surface area contributed by atoms with Crippen molar-refractivity contribution in [3.63, 3.8) is 0 Å². The number of aromatic amines is 1. The molecule has 0 unspecified atom stereocenters. The van der Waals surface area contributed by atoms with Crippen LogP contribution in [0.15, 0.2) is 45.9 Å². The molecule has 0 spiro atoms. The second-order valence-corrected chi connectivity index (χ2v) is 8.05. The number of hydrogen-bond donors (Lipinski definition) is 1. The Morgan fingerprint density at radius 1 is 1.33 bits per heavy atom. The Hall–Kier alpha value is -3.00. The maximum absolute atomic E-state index is 14.0. The molecule has 1 fully saturated rings. The maximum Gasteiger partial charge on any atom is 0.251 e.